The number of hydrogen-bond acceptors (Lipinski definition) is 3. The Kier molecular flexibility index (Phi) is 4.27. The van der Waals surface area contributed by atoms with Crippen molar-refractivity contribution in [3.8, 4) is 11.3 Å². The van der Waals surface area contributed by atoms with Gasteiger partial charge >= 0.3 is 0 Å². The minimum atomic E-state index is 0.0803. The molecular formula is C22H25ClN2O2. The summed E-state index contributed by atoms with van der Waals surface area (Å²) in [4.78, 5) is 17.0. The lowest BCUT2D eigenvalue weighted by Crippen LogP contribution is -2.59. The average Bonchev–Trinajstić information content (AvgIpc) is 3.08. The van der Waals surface area contributed by atoms with Crippen LogP contribution < -0.4 is 5.32 Å². The molecule has 4 nitrogen and oxygen atoms in total. The molecule has 4 bridgehead atoms. The van der Waals surface area contributed by atoms with Gasteiger partial charge in [0.15, 0.2) is 11.7 Å². The Hall–Kier alpha value is -1.81. The maximum absolute atomic E-state index is 12.6. The van der Waals surface area contributed by atoms with Crippen molar-refractivity contribution in [1.29, 1.82) is 0 Å². The number of nitrogens with zero attached hydrogens (tertiary/aromatic N) is 1. The number of benzene rings is 1. The first kappa shape index (κ1) is 17.3. The molecule has 27 heavy (non-hydrogen) atoms. The van der Waals surface area contributed by atoms with E-state index in [4.69, 9.17) is 16.0 Å². The predicted molar refractivity (Wildman–Crippen MR) is 104 cm³/mol. The quantitative estimate of drug-likeness (QED) is 0.788. The lowest BCUT2D eigenvalue weighted by atomic mass is 9.53. The van der Waals surface area contributed by atoms with Crippen molar-refractivity contribution in [2.75, 3.05) is 0 Å². The van der Waals surface area contributed by atoms with Gasteiger partial charge in [0.25, 0.3) is 0 Å². The maximum Gasteiger partial charge on any atom is 0.220 e. The molecule has 1 aromatic heterocycles. The minimum Gasteiger partial charge on any atom is -0.441 e. The van der Waals surface area contributed by atoms with Gasteiger partial charge in [-0.2, -0.15) is 0 Å². The molecule has 2 aromatic rings. The summed E-state index contributed by atoms with van der Waals surface area (Å²) < 4.78 is 5.82. The minimum absolute atomic E-state index is 0.0803. The molecule has 4 fully saturated rings. The van der Waals surface area contributed by atoms with E-state index in [1.165, 1.54) is 38.5 Å². The zero-order valence-corrected chi connectivity index (χ0v) is 16.2. The Morgan fingerprint density at radius 2 is 1.74 bits per heavy atom. The zero-order chi connectivity index (χ0) is 18.4. The first-order valence-corrected chi connectivity index (χ1v) is 10.5. The van der Waals surface area contributed by atoms with Crippen molar-refractivity contribution in [2.24, 2.45) is 17.8 Å². The number of rotatable bonds is 5. The van der Waals surface area contributed by atoms with Gasteiger partial charge in [0.05, 0.1) is 6.20 Å². The fraction of sp³-hybridized carbons (Fsp3) is 0.545. The molecule has 0 saturated heterocycles. The van der Waals surface area contributed by atoms with E-state index in [1.54, 1.807) is 6.20 Å². The van der Waals surface area contributed by atoms with E-state index in [-0.39, 0.29) is 11.4 Å². The molecular weight excluding hydrogens is 360 g/mol. The number of halogens is 1. The summed E-state index contributed by atoms with van der Waals surface area (Å²) in [6, 6.07) is 7.48. The van der Waals surface area contributed by atoms with Crippen molar-refractivity contribution in [1.82, 2.24) is 10.3 Å². The third-order valence-corrected chi connectivity index (χ3v) is 6.94. The van der Waals surface area contributed by atoms with E-state index in [9.17, 15) is 4.79 Å². The summed E-state index contributed by atoms with van der Waals surface area (Å²) in [6.07, 6.45) is 10.4. The summed E-state index contributed by atoms with van der Waals surface area (Å²) in [5, 5.41) is 4.11. The highest BCUT2D eigenvalue weighted by atomic mass is 35.5. The Bertz CT molecular complexity index is 807. The summed E-state index contributed by atoms with van der Waals surface area (Å²) in [6.45, 7) is 0. The van der Waals surface area contributed by atoms with E-state index < -0.39 is 0 Å². The highest BCUT2D eigenvalue weighted by Crippen LogP contribution is 2.55. The molecule has 0 radical (unpaired) electrons. The van der Waals surface area contributed by atoms with Crippen LogP contribution in [0.5, 0.6) is 0 Å². The first-order valence-electron chi connectivity index (χ1n) is 10.1. The molecule has 0 spiro atoms. The van der Waals surface area contributed by atoms with Crippen molar-refractivity contribution < 1.29 is 9.21 Å². The van der Waals surface area contributed by atoms with Crippen molar-refractivity contribution in [3.05, 3.63) is 41.4 Å². The Morgan fingerprint density at radius 3 is 2.37 bits per heavy atom. The molecule has 5 heteroatoms. The maximum atomic E-state index is 12.6. The third-order valence-electron chi connectivity index (χ3n) is 6.69. The second-order valence-corrected chi connectivity index (χ2v) is 9.31. The summed E-state index contributed by atoms with van der Waals surface area (Å²) in [5.41, 5.74) is 1.02. The smallest absolute Gasteiger partial charge is 0.220 e. The van der Waals surface area contributed by atoms with Gasteiger partial charge in [-0.05, 0) is 80.5 Å². The van der Waals surface area contributed by atoms with E-state index in [0.29, 0.717) is 29.5 Å². The van der Waals surface area contributed by atoms with Crippen LogP contribution >= 0.6 is 11.6 Å². The van der Waals surface area contributed by atoms with Crippen LogP contribution in [0.1, 0.15) is 50.8 Å². The van der Waals surface area contributed by atoms with Gasteiger partial charge < -0.3 is 9.73 Å². The van der Waals surface area contributed by atoms with Crippen LogP contribution in [-0.2, 0) is 11.2 Å². The number of nitrogens with one attached hydrogen (secondary N) is 1. The number of hydrogen-bond donors (Lipinski definition) is 1. The second-order valence-electron chi connectivity index (χ2n) is 8.87. The summed E-state index contributed by atoms with van der Waals surface area (Å²) in [7, 11) is 0. The fourth-order valence-electron chi connectivity index (χ4n) is 6.02. The zero-order valence-electron chi connectivity index (χ0n) is 15.4. The van der Waals surface area contributed by atoms with Crippen LogP contribution in [-0.4, -0.2) is 16.4 Å². The number of aromatic nitrogens is 1. The SMILES string of the molecule is O=C(CCc1ncc(-c2ccc(Cl)cc2)o1)NC12CC3CC(CC(C3)C1)C2. The van der Waals surface area contributed by atoms with Gasteiger partial charge in [0, 0.05) is 29.0 Å². The van der Waals surface area contributed by atoms with Crippen LogP contribution in [0.2, 0.25) is 5.02 Å². The molecule has 6 rings (SSSR count). The fourth-order valence-corrected chi connectivity index (χ4v) is 6.14. The van der Waals surface area contributed by atoms with Crippen LogP contribution in [0.4, 0.5) is 0 Å². The van der Waals surface area contributed by atoms with Crippen molar-refractivity contribution in [3.63, 3.8) is 0 Å². The summed E-state index contributed by atoms with van der Waals surface area (Å²) in [5.74, 6) is 3.98. The lowest BCUT2D eigenvalue weighted by molar-refractivity contribution is -0.126. The van der Waals surface area contributed by atoms with Gasteiger partial charge in [0.2, 0.25) is 5.91 Å². The Labute approximate surface area is 164 Å². The highest BCUT2D eigenvalue weighted by Gasteiger charge is 2.51. The molecule has 142 valence electrons. The molecule has 0 atom stereocenters. The number of carbonyl (C=O) groups is 1. The monoisotopic (exact) mass is 384 g/mol. The summed E-state index contributed by atoms with van der Waals surface area (Å²) >= 11 is 5.93. The second kappa shape index (κ2) is 6.66. The lowest BCUT2D eigenvalue weighted by Gasteiger charge is -2.56. The number of amides is 1. The van der Waals surface area contributed by atoms with E-state index in [0.717, 1.165) is 23.3 Å². The predicted octanol–water partition coefficient (Wildman–Crippen LogP) is 5.01. The molecule has 4 aliphatic rings. The first-order chi connectivity index (χ1) is 13.1. The van der Waals surface area contributed by atoms with Crippen molar-refractivity contribution in [2.45, 2.75) is 56.9 Å². The Morgan fingerprint density at radius 1 is 1.11 bits per heavy atom. The molecule has 1 heterocycles. The topological polar surface area (TPSA) is 55.1 Å². The van der Waals surface area contributed by atoms with Crippen LogP contribution in [0.25, 0.3) is 11.3 Å². The van der Waals surface area contributed by atoms with Crippen LogP contribution in [0, 0.1) is 17.8 Å². The number of carbonyl (C=O) groups excluding carboxylic acids is 1. The number of oxazole rings is 1. The van der Waals surface area contributed by atoms with Gasteiger partial charge in [-0.15, -0.1) is 0 Å². The molecule has 4 aliphatic carbocycles. The van der Waals surface area contributed by atoms with Crippen LogP contribution in [0.15, 0.2) is 34.9 Å². The van der Waals surface area contributed by atoms with Crippen LogP contribution in [0.3, 0.4) is 0 Å². The number of aryl methyl sites for hydroxylation is 1. The standard InChI is InChI=1S/C22H25ClN2O2/c23-18-3-1-17(2-4-18)19-13-24-21(27-19)6-5-20(26)25-22-10-14-7-15(11-22)9-16(8-14)12-22/h1-4,13-16H,5-12H2,(H,25,26). The average molecular weight is 385 g/mol. The molecule has 1 amide bonds. The van der Waals surface area contributed by atoms with Gasteiger partial charge in [0.1, 0.15) is 0 Å². The molecule has 0 unspecified atom stereocenters. The van der Waals surface area contributed by atoms with Gasteiger partial charge in [-0.1, -0.05) is 11.6 Å². The largest absolute Gasteiger partial charge is 0.441 e. The van der Waals surface area contributed by atoms with Gasteiger partial charge in [-0.25, -0.2) is 4.98 Å². The van der Waals surface area contributed by atoms with E-state index in [1.807, 2.05) is 24.3 Å². The molecule has 1 N–H and O–H groups in total. The van der Waals surface area contributed by atoms with Gasteiger partial charge in [-0.3, -0.25) is 4.79 Å². The highest BCUT2D eigenvalue weighted by molar-refractivity contribution is 6.30. The van der Waals surface area contributed by atoms with Crippen molar-refractivity contribution >= 4 is 17.5 Å². The molecule has 1 aromatic carbocycles. The van der Waals surface area contributed by atoms with E-state index >= 15 is 0 Å². The normalized spacial score (nSPS) is 31.2. The third kappa shape index (κ3) is 3.52. The molecule has 4 saturated carbocycles. The molecule has 0 aliphatic heterocycles. The Balaban J connectivity index is 1.19. The van der Waals surface area contributed by atoms with E-state index in [2.05, 4.69) is 10.3 Å².